The maximum absolute atomic E-state index is 12.6. The molecule has 0 aliphatic heterocycles. The van der Waals surface area contributed by atoms with E-state index in [2.05, 4.69) is 6.58 Å². The molecule has 3 nitrogen and oxygen atoms in total. The fraction of sp³-hybridized carbons (Fsp3) is 0.200. The van der Waals surface area contributed by atoms with Gasteiger partial charge in [-0.1, -0.05) is 72.8 Å². The first-order chi connectivity index (χ1) is 11.0. The van der Waals surface area contributed by atoms with Crippen molar-refractivity contribution in [3.8, 4) is 0 Å². The van der Waals surface area contributed by atoms with Crippen molar-refractivity contribution in [1.29, 1.82) is 0 Å². The van der Waals surface area contributed by atoms with Crippen LogP contribution in [0.15, 0.2) is 72.8 Å². The average molecular weight is 308 g/mol. The van der Waals surface area contributed by atoms with Crippen LogP contribution in [0.1, 0.15) is 35.2 Å². The van der Waals surface area contributed by atoms with Gasteiger partial charge < -0.3 is 5.11 Å². The molecule has 0 fully saturated rings. The van der Waals surface area contributed by atoms with E-state index in [4.69, 9.17) is 0 Å². The number of ketones is 1. The van der Waals surface area contributed by atoms with E-state index in [1.807, 2.05) is 36.4 Å². The molecule has 0 aromatic heterocycles. The standard InChI is InChI=1S/C20H20O3/c1-14(2)19(20(22)23)17(15-9-5-3-6-10-15)13-18(21)16-11-7-4-8-12-16/h3-12,17,19H,1,13H2,2H3,(H,22,23). The van der Waals surface area contributed by atoms with Gasteiger partial charge >= 0.3 is 5.97 Å². The number of carboxylic acid groups (broad SMARTS) is 1. The van der Waals surface area contributed by atoms with Gasteiger partial charge in [-0.2, -0.15) is 0 Å². The molecule has 0 saturated heterocycles. The summed E-state index contributed by atoms with van der Waals surface area (Å²) in [6.45, 7) is 5.51. The predicted octanol–water partition coefficient (Wildman–Crippen LogP) is 4.32. The van der Waals surface area contributed by atoms with Crippen LogP contribution in [0.4, 0.5) is 0 Å². The van der Waals surface area contributed by atoms with E-state index in [-0.39, 0.29) is 12.2 Å². The van der Waals surface area contributed by atoms with E-state index in [9.17, 15) is 14.7 Å². The Hall–Kier alpha value is -2.68. The van der Waals surface area contributed by atoms with E-state index in [0.29, 0.717) is 11.1 Å². The third-order valence-electron chi connectivity index (χ3n) is 3.93. The minimum Gasteiger partial charge on any atom is -0.481 e. The van der Waals surface area contributed by atoms with Gasteiger partial charge in [-0.25, -0.2) is 0 Å². The van der Waals surface area contributed by atoms with Gasteiger partial charge in [-0.15, -0.1) is 0 Å². The Morgan fingerprint density at radius 1 is 1.00 bits per heavy atom. The van der Waals surface area contributed by atoms with Gasteiger partial charge in [0.15, 0.2) is 5.78 Å². The Morgan fingerprint density at radius 3 is 2.00 bits per heavy atom. The largest absolute Gasteiger partial charge is 0.481 e. The molecule has 23 heavy (non-hydrogen) atoms. The van der Waals surface area contributed by atoms with Crippen molar-refractivity contribution in [2.45, 2.75) is 19.3 Å². The fourth-order valence-electron chi connectivity index (χ4n) is 2.80. The normalized spacial score (nSPS) is 13.1. The zero-order valence-corrected chi connectivity index (χ0v) is 13.1. The molecule has 2 rings (SSSR count). The highest BCUT2D eigenvalue weighted by molar-refractivity contribution is 5.97. The number of Topliss-reactive ketones (excluding diaryl/α,β-unsaturated/α-hetero) is 1. The highest BCUT2D eigenvalue weighted by Crippen LogP contribution is 2.33. The van der Waals surface area contributed by atoms with Crippen molar-refractivity contribution < 1.29 is 14.7 Å². The van der Waals surface area contributed by atoms with Gasteiger partial charge in [-0.05, 0) is 12.5 Å². The van der Waals surface area contributed by atoms with Gasteiger partial charge in [0.05, 0.1) is 5.92 Å². The van der Waals surface area contributed by atoms with Crippen LogP contribution in [0, 0.1) is 5.92 Å². The molecule has 0 aliphatic rings. The van der Waals surface area contributed by atoms with E-state index in [1.165, 1.54) is 0 Å². The van der Waals surface area contributed by atoms with Crippen LogP contribution in [0.3, 0.4) is 0 Å². The lowest BCUT2D eigenvalue weighted by atomic mass is 9.78. The molecule has 3 heteroatoms. The summed E-state index contributed by atoms with van der Waals surface area (Å²) in [6, 6.07) is 18.3. The molecule has 2 atom stereocenters. The molecule has 118 valence electrons. The topological polar surface area (TPSA) is 54.4 Å². The van der Waals surface area contributed by atoms with Crippen molar-refractivity contribution in [2.75, 3.05) is 0 Å². The molecule has 0 amide bonds. The molecule has 2 aromatic carbocycles. The SMILES string of the molecule is C=C(C)C(C(=O)O)C(CC(=O)c1ccccc1)c1ccccc1. The number of carbonyl (C=O) groups is 2. The highest BCUT2D eigenvalue weighted by atomic mass is 16.4. The monoisotopic (exact) mass is 308 g/mol. The number of hydrogen-bond acceptors (Lipinski definition) is 2. The van der Waals surface area contributed by atoms with Crippen molar-refractivity contribution in [2.24, 2.45) is 5.92 Å². The summed E-state index contributed by atoms with van der Waals surface area (Å²) in [7, 11) is 0. The highest BCUT2D eigenvalue weighted by Gasteiger charge is 2.32. The molecule has 0 aliphatic carbocycles. The summed E-state index contributed by atoms with van der Waals surface area (Å²) in [4.78, 5) is 24.3. The molecule has 0 radical (unpaired) electrons. The van der Waals surface area contributed by atoms with Gasteiger partial charge in [0.25, 0.3) is 0 Å². The quantitative estimate of drug-likeness (QED) is 0.612. The number of carboxylic acids is 1. The smallest absolute Gasteiger partial charge is 0.311 e. The summed E-state index contributed by atoms with van der Waals surface area (Å²) in [5.41, 5.74) is 1.98. The van der Waals surface area contributed by atoms with Gasteiger partial charge in [-0.3, -0.25) is 9.59 Å². The molecular formula is C20H20O3. The first-order valence-corrected chi connectivity index (χ1v) is 7.52. The number of aliphatic carboxylic acids is 1. The van der Waals surface area contributed by atoms with Crippen LogP contribution in [0.25, 0.3) is 0 Å². The van der Waals surface area contributed by atoms with Crippen LogP contribution >= 0.6 is 0 Å². The van der Waals surface area contributed by atoms with E-state index in [1.54, 1.807) is 31.2 Å². The lowest BCUT2D eigenvalue weighted by molar-refractivity contribution is -0.141. The van der Waals surface area contributed by atoms with Gasteiger partial charge in [0.2, 0.25) is 0 Å². The molecule has 0 bridgehead atoms. The third kappa shape index (κ3) is 4.16. The molecule has 0 saturated carbocycles. The second-order valence-corrected chi connectivity index (χ2v) is 5.67. The van der Waals surface area contributed by atoms with Crippen LogP contribution in [-0.2, 0) is 4.79 Å². The van der Waals surface area contributed by atoms with Crippen molar-refractivity contribution >= 4 is 11.8 Å². The van der Waals surface area contributed by atoms with E-state index >= 15 is 0 Å². The van der Waals surface area contributed by atoms with Crippen LogP contribution < -0.4 is 0 Å². The molecule has 1 N–H and O–H groups in total. The summed E-state index contributed by atoms with van der Waals surface area (Å²) < 4.78 is 0. The summed E-state index contributed by atoms with van der Waals surface area (Å²) in [6.07, 6.45) is 0.137. The summed E-state index contributed by atoms with van der Waals surface area (Å²) >= 11 is 0. The lowest BCUT2D eigenvalue weighted by Gasteiger charge is -2.24. The number of benzene rings is 2. The molecule has 0 heterocycles. The Bertz CT molecular complexity index is 675. The predicted molar refractivity (Wildman–Crippen MR) is 90.5 cm³/mol. The second kappa shape index (κ2) is 7.54. The number of carbonyl (C=O) groups excluding carboxylic acids is 1. The summed E-state index contributed by atoms with van der Waals surface area (Å²) in [5.74, 6) is -2.23. The second-order valence-electron chi connectivity index (χ2n) is 5.67. The maximum atomic E-state index is 12.6. The van der Waals surface area contributed by atoms with Crippen LogP contribution in [0.5, 0.6) is 0 Å². The Kier molecular flexibility index (Phi) is 5.47. The van der Waals surface area contributed by atoms with Crippen LogP contribution in [-0.4, -0.2) is 16.9 Å². The maximum Gasteiger partial charge on any atom is 0.311 e. The first kappa shape index (κ1) is 16.7. The fourth-order valence-corrected chi connectivity index (χ4v) is 2.80. The molecule has 2 aromatic rings. The lowest BCUT2D eigenvalue weighted by Crippen LogP contribution is -2.25. The Labute approximate surface area is 136 Å². The zero-order valence-electron chi connectivity index (χ0n) is 13.1. The van der Waals surface area contributed by atoms with Crippen molar-refractivity contribution in [3.05, 3.63) is 83.9 Å². The van der Waals surface area contributed by atoms with E-state index < -0.39 is 17.8 Å². The minimum absolute atomic E-state index is 0.0630. The zero-order chi connectivity index (χ0) is 16.8. The molecular weight excluding hydrogens is 288 g/mol. The van der Waals surface area contributed by atoms with Crippen LogP contribution in [0.2, 0.25) is 0 Å². The van der Waals surface area contributed by atoms with Gasteiger partial charge in [0.1, 0.15) is 0 Å². The molecule has 2 unspecified atom stereocenters. The summed E-state index contributed by atoms with van der Waals surface area (Å²) in [5, 5.41) is 9.59. The molecule has 0 spiro atoms. The van der Waals surface area contributed by atoms with E-state index in [0.717, 1.165) is 5.56 Å². The van der Waals surface area contributed by atoms with Crippen molar-refractivity contribution in [1.82, 2.24) is 0 Å². The number of rotatable bonds is 7. The Morgan fingerprint density at radius 2 is 1.52 bits per heavy atom. The first-order valence-electron chi connectivity index (χ1n) is 7.52. The third-order valence-corrected chi connectivity index (χ3v) is 3.93. The van der Waals surface area contributed by atoms with Crippen molar-refractivity contribution in [3.63, 3.8) is 0 Å². The minimum atomic E-state index is -0.952. The average Bonchev–Trinajstić information content (AvgIpc) is 2.55. The van der Waals surface area contributed by atoms with Gasteiger partial charge in [0, 0.05) is 17.9 Å². The Balaban J connectivity index is 2.36. The number of hydrogen-bond donors (Lipinski definition) is 1.